The van der Waals surface area contributed by atoms with Crippen molar-refractivity contribution in [2.75, 3.05) is 10.6 Å². The van der Waals surface area contributed by atoms with Crippen LogP contribution < -0.4 is 10.6 Å². The van der Waals surface area contributed by atoms with Gasteiger partial charge >= 0.3 is 0 Å². The van der Waals surface area contributed by atoms with Gasteiger partial charge < -0.3 is 10.6 Å². The van der Waals surface area contributed by atoms with Gasteiger partial charge in [0.15, 0.2) is 11.6 Å². The van der Waals surface area contributed by atoms with E-state index in [1.54, 1.807) is 12.1 Å². The van der Waals surface area contributed by atoms with Crippen molar-refractivity contribution < 1.29 is 22.8 Å². The summed E-state index contributed by atoms with van der Waals surface area (Å²) in [5.74, 6) is -6.76. The molecule has 1 aliphatic rings. The average molecular weight is 583 g/mol. The Morgan fingerprint density at radius 1 is 0.829 bits per heavy atom. The molecular weight excluding hydrogens is 571 g/mol. The Balaban J connectivity index is 1.53. The standard InChI is InChI=1S/C23H12Cl5F3N2O2/c24-10-3-9(4-11(25)5-10)18-19(23(18,27)28)22(35)32-13-1-2-15(26)14(8-13)21(34)33-20-16(30)6-12(29)7-17(20)31/h1-8,18-19H,(H,32,35)(H,33,34)/t18-,19+/m1/s1. The molecule has 4 rings (SSSR count). The molecule has 1 saturated carbocycles. The lowest BCUT2D eigenvalue weighted by atomic mass is 10.1. The van der Waals surface area contributed by atoms with E-state index in [9.17, 15) is 22.8 Å². The fourth-order valence-corrected chi connectivity index (χ4v) is 5.24. The molecule has 0 bridgehead atoms. The molecule has 182 valence electrons. The van der Waals surface area contributed by atoms with Crippen molar-refractivity contribution in [2.45, 2.75) is 10.3 Å². The molecule has 0 aliphatic heterocycles. The minimum atomic E-state index is -1.43. The van der Waals surface area contributed by atoms with Crippen molar-refractivity contribution >= 4 is 81.2 Å². The predicted molar refractivity (Wildman–Crippen MR) is 131 cm³/mol. The van der Waals surface area contributed by atoms with Gasteiger partial charge in [-0.25, -0.2) is 13.2 Å². The Labute approximate surface area is 222 Å². The van der Waals surface area contributed by atoms with Crippen molar-refractivity contribution in [2.24, 2.45) is 5.92 Å². The minimum absolute atomic E-state index is 0.0645. The van der Waals surface area contributed by atoms with Crippen LogP contribution in [0.15, 0.2) is 48.5 Å². The van der Waals surface area contributed by atoms with Crippen molar-refractivity contribution in [1.29, 1.82) is 0 Å². The summed E-state index contributed by atoms with van der Waals surface area (Å²) in [7, 11) is 0. The van der Waals surface area contributed by atoms with Crippen LogP contribution >= 0.6 is 58.0 Å². The highest BCUT2D eigenvalue weighted by Crippen LogP contribution is 2.65. The predicted octanol–water partition coefficient (Wildman–Crippen LogP) is 7.84. The van der Waals surface area contributed by atoms with E-state index in [2.05, 4.69) is 5.32 Å². The van der Waals surface area contributed by atoms with Crippen LogP contribution in [0.4, 0.5) is 24.5 Å². The maximum atomic E-state index is 13.9. The zero-order valence-electron chi connectivity index (χ0n) is 17.1. The summed E-state index contributed by atoms with van der Waals surface area (Å²) in [6.07, 6.45) is 0. The van der Waals surface area contributed by atoms with Gasteiger partial charge in [-0.1, -0.05) is 34.8 Å². The second-order valence-electron chi connectivity index (χ2n) is 7.72. The first kappa shape index (κ1) is 25.9. The second kappa shape index (κ2) is 9.71. The first-order chi connectivity index (χ1) is 16.4. The molecule has 0 unspecified atom stereocenters. The number of nitrogens with one attached hydrogen (secondary N) is 2. The zero-order valence-corrected chi connectivity index (χ0v) is 20.9. The normalized spacial score (nSPS) is 18.2. The van der Waals surface area contributed by atoms with E-state index < -0.39 is 51.1 Å². The van der Waals surface area contributed by atoms with Gasteiger partial charge in [-0.3, -0.25) is 9.59 Å². The molecule has 35 heavy (non-hydrogen) atoms. The summed E-state index contributed by atoms with van der Waals surface area (Å²) in [6.45, 7) is 0. The van der Waals surface area contributed by atoms with E-state index in [1.165, 1.54) is 24.3 Å². The first-order valence-corrected chi connectivity index (χ1v) is 11.7. The smallest absolute Gasteiger partial charge is 0.257 e. The number of anilines is 2. The second-order valence-corrected chi connectivity index (χ2v) is 10.4. The fourth-order valence-electron chi connectivity index (χ4n) is 3.66. The number of hydrogen-bond acceptors (Lipinski definition) is 2. The van der Waals surface area contributed by atoms with E-state index in [-0.39, 0.29) is 16.3 Å². The molecule has 1 fully saturated rings. The third kappa shape index (κ3) is 5.34. The van der Waals surface area contributed by atoms with Crippen LogP contribution in [0.3, 0.4) is 0 Å². The van der Waals surface area contributed by atoms with Gasteiger partial charge in [-0.15, -0.1) is 23.2 Å². The molecule has 2 amide bonds. The number of rotatable bonds is 5. The number of hydrogen-bond donors (Lipinski definition) is 2. The van der Waals surface area contributed by atoms with Crippen LogP contribution in [0, 0.1) is 23.4 Å². The summed E-state index contributed by atoms with van der Waals surface area (Å²) in [5, 5.41) is 5.24. The molecule has 4 nitrogen and oxygen atoms in total. The van der Waals surface area contributed by atoms with Crippen LogP contribution in [0.25, 0.3) is 0 Å². The van der Waals surface area contributed by atoms with E-state index in [1.807, 2.05) is 5.32 Å². The highest BCUT2D eigenvalue weighted by molar-refractivity contribution is 6.53. The molecule has 2 atom stereocenters. The summed E-state index contributed by atoms with van der Waals surface area (Å²) in [6, 6.07) is 9.48. The molecule has 0 saturated heterocycles. The van der Waals surface area contributed by atoms with E-state index in [0.29, 0.717) is 27.7 Å². The first-order valence-electron chi connectivity index (χ1n) is 9.78. The molecular formula is C23H12Cl5F3N2O2. The number of benzene rings is 3. The van der Waals surface area contributed by atoms with E-state index in [4.69, 9.17) is 58.0 Å². The quantitative estimate of drug-likeness (QED) is 0.301. The summed E-state index contributed by atoms with van der Waals surface area (Å²) in [4.78, 5) is 25.5. The van der Waals surface area contributed by atoms with Gasteiger partial charge in [0.2, 0.25) is 5.91 Å². The fraction of sp³-hybridized carbons (Fsp3) is 0.130. The van der Waals surface area contributed by atoms with Gasteiger partial charge in [0.05, 0.1) is 16.5 Å². The van der Waals surface area contributed by atoms with Crippen LogP contribution in [0.5, 0.6) is 0 Å². The molecule has 0 heterocycles. The van der Waals surface area contributed by atoms with Crippen LogP contribution in [-0.4, -0.2) is 16.1 Å². The number of carbonyl (C=O) groups excluding carboxylic acids is 2. The lowest BCUT2D eigenvalue weighted by Crippen LogP contribution is -2.19. The topological polar surface area (TPSA) is 58.2 Å². The largest absolute Gasteiger partial charge is 0.326 e. The van der Waals surface area contributed by atoms with Gasteiger partial charge in [-0.05, 0) is 42.0 Å². The highest BCUT2D eigenvalue weighted by atomic mass is 35.5. The Hall–Kier alpha value is -2.16. The van der Waals surface area contributed by atoms with Gasteiger partial charge in [0, 0.05) is 33.8 Å². The van der Waals surface area contributed by atoms with Crippen molar-refractivity contribution in [3.05, 3.63) is 92.2 Å². The molecule has 12 heteroatoms. The Kier molecular flexibility index (Phi) is 7.19. The molecule has 0 radical (unpaired) electrons. The zero-order chi connectivity index (χ0) is 25.7. The number of amides is 2. The molecule has 0 aromatic heterocycles. The lowest BCUT2D eigenvalue weighted by Gasteiger charge is -2.11. The third-order valence-corrected chi connectivity index (χ3v) is 7.01. The molecule has 3 aromatic carbocycles. The summed E-state index contributed by atoms with van der Waals surface area (Å²) < 4.78 is 39.5. The molecule has 2 N–H and O–H groups in total. The molecule has 1 aliphatic carbocycles. The maximum absolute atomic E-state index is 13.9. The number of carbonyl (C=O) groups is 2. The minimum Gasteiger partial charge on any atom is -0.326 e. The van der Waals surface area contributed by atoms with Gasteiger partial charge in [0.25, 0.3) is 5.91 Å². The number of alkyl halides is 2. The highest BCUT2D eigenvalue weighted by Gasteiger charge is 2.67. The summed E-state index contributed by atoms with van der Waals surface area (Å²) in [5.41, 5.74) is -0.336. The monoisotopic (exact) mass is 580 g/mol. The average Bonchev–Trinajstić information content (AvgIpc) is 3.33. The van der Waals surface area contributed by atoms with Crippen LogP contribution in [0.1, 0.15) is 21.8 Å². The Morgan fingerprint density at radius 3 is 2.03 bits per heavy atom. The maximum Gasteiger partial charge on any atom is 0.257 e. The van der Waals surface area contributed by atoms with Crippen molar-refractivity contribution in [1.82, 2.24) is 0 Å². The molecule has 3 aromatic rings. The lowest BCUT2D eigenvalue weighted by molar-refractivity contribution is -0.117. The number of halogens is 8. The Morgan fingerprint density at radius 2 is 1.43 bits per heavy atom. The van der Waals surface area contributed by atoms with Crippen molar-refractivity contribution in [3.63, 3.8) is 0 Å². The summed E-state index contributed by atoms with van der Waals surface area (Å²) >= 11 is 30.8. The van der Waals surface area contributed by atoms with Gasteiger partial charge in [-0.2, -0.15) is 0 Å². The van der Waals surface area contributed by atoms with Crippen molar-refractivity contribution in [3.8, 4) is 0 Å². The molecule has 0 spiro atoms. The Bertz CT molecular complexity index is 1330. The van der Waals surface area contributed by atoms with E-state index >= 15 is 0 Å². The van der Waals surface area contributed by atoms with Gasteiger partial charge in [0.1, 0.15) is 15.8 Å². The van der Waals surface area contributed by atoms with E-state index in [0.717, 1.165) is 0 Å². The SMILES string of the molecule is O=C(Nc1c(F)cc(F)cc1F)c1cc(NC(=O)[C@@H]2[C@@H](c3cc(Cl)cc(Cl)c3)C2(Cl)Cl)ccc1Cl. The third-order valence-electron chi connectivity index (χ3n) is 5.30. The van der Waals surface area contributed by atoms with Crippen LogP contribution in [-0.2, 0) is 4.79 Å². The van der Waals surface area contributed by atoms with Crippen LogP contribution in [0.2, 0.25) is 15.1 Å².